The molecule has 104 valence electrons. The smallest absolute Gasteiger partial charge is 0.211 e. The number of benzene rings is 2. The Hall–Kier alpha value is -2.32. The molecule has 2 aromatic carbocycles. The molecular weight excluding hydrogens is 282 g/mol. The fourth-order valence-electron chi connectivity index (χ4n) is 2.46. The number of halogens is 1. The summed E-state index contributed by atoms with van der Waals surface area (Å²) in [5.74, 6) is 0.243. The quantitative estimate of drug-likeness (QED) is 0.727. The minimum absolute atomic E-state index is 0.00410. The van der Waals surface area contributed by atoms with Gasteiger partial charge >= 0.3 is 0 Å². The van der Waals surface area contributed by atoms with Gasteiger partial charge < -0.3 is 5.11 Å². The average molecular weight is 297 g/mol. The molecule has 0 aliphatic rings. The van der Waals surface area contributed by atoms with Crippen molar-refractivity contribution in [1.82, 2.24) is 0 Å². The maximum absolute atomic E-state index is 9.76. The van der Waals surface area contributed by atoms with Crippen LogP contribution in [0, 0.1) is 0 Å². The highest BCUT2D eigenvalue weighted by Crippen LogP contribution is 2.23. The highest BCUT2D eigenvalue weighted by Gasteiger charge is 2.23. The van der Waals surface area contributed by atoms with Crippen molar-refractivity contribution in [3.05, 3.63) is 95.3 Å². The number of hydrogen-bond acceptors (Lipinski definition) is 1. The minimum Gasteiger partial charge on any atom is -0.503 e. The molecule has 0 fully saturated rings. The fourth-order valence-corrected chi connectivity index (χ4v) is 2.58. The fraction of sp³-hybridized carbons (Fsp3) is 0.0556. The van der Waals surface area contributed by atoms with E-state index < -0.39 is 0 Å². The largest absolute Gasteiger partial charge is 0.503 e. The Bertz CT molecular complexity index is 726. The average Bonchev–Trinajstić information content (AvgIpc) is 2.51. The van der Waals surface area contributed by atoms with Crippen LogP contribution in [0.1, 0.15) is 17.2 Å². The third-order valence-electron chi connectivity index (χ3n) is 3.41. The van der Waals surface area contributed by atoms with Gasteiger partial charge in [0.15, 0.2) is 11.9 Å². The standard InChI is InChI=1S/C18H14ClNO/c19-16-10-8-15(9-11-16)18(14-5-2-1-3-6-14)20-12-4-7-17(21)13-20/h1-13,18H/p+1/t18-/m1/s1. The lowest BCUT2D eigenvalue weighted by Crippen LogP contribution is -2.39. The zero-order valence-corrected chi connectivity index (χ0v) is 12.1. The van der Waals surface area contributed by atoms with Gasteiger partial charge in [0, 0.05) is 22.2 Å². The van der Waals surface area contributed by atoms with E-state index in [1.54, 1.807) is 12.3 Å². The molecule has 0 radical (unpaired) electrons. The monoisotopic (exact) mass is 296 g/mol. The molecule has 1 heterocycles. The Morgan fingerprint density at radius 3 is 2.14 bits per heavy atom. The molecule has 0 saturated carbocycles. The van der Waals surface area contributed by atoms with Crippen molar-refractivity contribution in [3.63, 3.8) is 0 Å². The normalized spacial score (nSPS) is 12.0. The summed E-state index contributed by atoms with van der Waals surface area (Å²) < 4.78 is 1.99. The Labute approximate surface area is 128 Å². The molecule has 1 aromatic heterocycles. The first-order valence-corrected chi connectivity index (χ1v) is 7.12. The van der Waals surface area contributed by atoms with Crippen molar-refractivity contribution in [1.29, 1.82) is 0 Å². The summed E-state index contributed by atoms with van der Waals surface area (Å²) in [6.07, 6.45) is 3.68. The topological polar surface area (TPSA) is 24.1 Å². The summed E-state index contributed by atoms with van der Waals surface area (Å²) in [6.45, 7) is 0. The lowest BCUT2D eigenvalue weighted by atomic mass is 9.98. The molecule has 0 aliphatic heterocycles. The molecule has 1 N–H and O–H groups in total. The lowest BCUT2D eigenvalue weighted by Gasteiger charge is -2.13. The molecule has 3 rings (SSSR count). The number of pyridine rings is 1. The maximum Gasteiger partial charge on any atom is 0.211 e. The Balaban J connectivity index is 2.13. The van der Waals surface area contributed by atoms with Crippen LogP contribution in [0.4, 0.5) is 0 Å². The first-order valence-electron chi connectivity index (χ1n) is 6.74. The van der Waals surface area contributed by atoms with Gasteiger partial charge in [-0.3, -0.25) is 0 Å². The summed E-state index contributed by atoms with van der Waals surface area (Å²) >= 11 is 5.99. The zero-order valence-electron chi connectivity index (χ0n) is 11.4. The molecule has 2 nitrogen and oxygen atoms in total. The summed E-state index contributed by atoms with van der Waals surface area (Å²) in [5.41, 5.74) is 2.26. The van der Waals surface area contributed by atoms with Crippen LogP contribution in [0.15, 0.2) is 79.1 Å². The first kappa shape index (κ1) is 13.7. The van der Waals surface area contributed by atoms with Crippen LogP contribution in [0.3, 0.4) is 0 Å². The van der Waals surface area contributed by atoms with Crippen molar-refractivity contribution in [2.45, 2.75) is 6.04 Å². The van der Waals surface area contributed by atoms with Gasteiger partial charge in [-0.2, -0.15) is 4.57 Å². The van der Waals surface area contributed by atoms with Gasteiger partial charge in [-0.05, 0) is 18.2 Å². The van der Waals surface area contributed by atoms with Crippen molar-refractivity contribution in [2.75, 3.05) is 0 Å². The Morgan fingerprint density at radius 2 is 1.48 bits per heavy atom. The van der Waals surface area contributed by atoms with E-state index in [1.807, 2.05) is 59.3 Å². The van der Waals surface area contributed by atoms with Gasteiger partial charge in [-0.25, -0.2) is 0 Å². The molecule has 0 saturated heterocycles. The van der Waals surface area contributed by atoms with E-state index in [0.717, 1.165) is 11.1 Å². The van der Waals surface area contributed by atoms with E-state index in [2.05, 4.69) is 12.1 Å². The van der Waals surface area contributed by atoms with Crippen LogP contribution in [-0.4, -0.2) is 5.11 Å². The van der Waals surface area contributed by atoms with Crippen LogP contribution in [0.5, 0.6) is 5.75 Å². The molecule has 0 unspecified atom stereocenters. The zero-order chi connectivity index (χ0) is 14.7. The van der Waals surface area contributed by atoms with Crippen LogP contribution in [0.2, 0.25) is 5.02 Å². The van der Waals surface area contributed by atoms with Gasteiger partial charge in [0.1, 0.15) is 0 Å². The van der Waals surface area contributed by atoms with Crippen LogP contribution in [0.25, 0.3) is 0 Å². The summed E-state index contributed by atoms with van der Waals surface area (Å²) in [7, 11) is 0. The highest BCUT2D eigenvalue weighted by molar-refractivity contribution is 6.30. The molecule has 0 bridgehead atoms. The van der Waals surface area contributed by atoms with Crippen LogP contribution < -0.4 is 4.57 Å². The first-order chi connectivity index (χ1) is 10.2. The van der Waals surface area contributed by atoms with E-state index in [1.165, 1.54) is 0 Å². The Kier molecular flexibility index (Phi) is 3.89. The number of hydrogen-bond donors (Lipinski definition) is 1. The van der Waals surface area contributed by atoms with E-state index in [9.17, 15) is 5.11 Å². The third kappa shape index (κ3) is 3.06. The van der Waals surface area contributed by atoms with Crippen LogP contribution in [-0.2, 0) is 0 Å². The van der Waals surface area contributed by atoms with Gasteiger partial charge in [0.25, 0.3) is 0 Å². The van der Waals surface area contributed by atoms with E-state index in [0.29, 0.717) is 5.02 Å². The van der Waals surface area contributed by atoms with E-state index in [4.69, 9.17) is 11.6 Å². The lowest BCUT2D eigenvalue weighted by molar-refractivity contribution is -0.705. The van der Waals surface area contributed by atoms with E-state index >= 15 is 0 Å². The second kappa shape index (κ2) is 5.98. The van der Waals surface area contributed by atoms with Gasteiger partial charge in [-0.15, -0.1) is 0 Å². The number of aromatic nitrogens is 1. The molecule has 0 aliphatic carbocycles. The maximum atomic E-state index is 9.76. The van der Waals surface area contributed by atoms with Crippen LogP contribution >= 0.6 is 11.6 Å². The summed E-state index contributed by atoms with van der Waals surface area (Å²) in [4.78, 5) is 0. The molecule has 3 aromatic rings. The summed E-state index contributed by atoms with van der Waals surface area (Å²) in [5, 5.41) is 10.5. The second-order valence-corrected chi connectivity index (χ2v) is 5.31. The SMILES string of the molecule is Oc1ccc[n+]([C@H](c2ccccc2)c2ccc(Cl)cc2)c1. The van der Waals surface area contributed by atoms with Crippen molar-refractivity contribution in [3.8, 4) is 5.75 Å². The molecule has 1 atom stereocenters. The van der Waals surface area contributed by atoms with Gasteiger partial charge in [0.2, 0.25) is 12.2 Å². The van der Waals surface area contributed by atoms with Crippen molar-refractivity contribution in [2.24, 2.45) is 0 Å². The molecule has 0 spiro atoms. The number of aromatic hydroxyl groups is 1. The molecule has 21 heavy (non-hydrogen) atoms. The summed E-state index contributed by atoms with van der Waals surface area (Å²) in [6, 6.07) is 21.5. The number of nitrogens with zero attached hydrogens (tertiary/aromatic N) is 1. The molecular formula is C18H15ClNO+. The van der Waals surface area contributed by atoms with Crippen molar-refractivity contribution < 1.29 is 9.67 Å². The van der Waals surface area contributed by atoms with Gasteiger partial charge in [0.05, 0.1) is 0 Å². The Morgan fingerprint density at radius 1 is 0.810 bits per heavy atom. The minimum atomic E-state index is -0.00410. The van der Waals surface area contributed by atoms with E-state index in [-0.39, 0.29) is 11.8 Å². The number of rotatable bonds is 3. The van der Waals surface area contributed by atoms with Crippen molar-refractivity contribution >= 4 is 11.6 Å². The molecule has 0 amide bonds. The predicted molar refractivity (Wildman–Crippen MR) is 83.4 cm³/mol. The predicted octanol–water partition coefficient (Wildman–Crippen LogP) is 3.97. The molecule has 3 heteroatoms. The van der Waals surface area contributed by atoms with Gasteiger partial charge in [-0.1, -0.05) is 54.1 Å². The third-order valence-corrected chi connectivity index (χ3v) is 3.66. The highest BCUT2D eigenvalue weighted by atomic mass is 35.5. The second-order valence-electron chi connectivity index (χ2n) is 4.87.